The van der Waals surface area contributed by atoms with Gasteiger partial charge in [-0.25, -0.2) is 0 Å². The molecule has 0 unspecified atom stereocenters. The molecule has 1 aromatic carbocycles. The average Bonchev–Trinajstić information content (AvgIpc) is 2.44. The molecule has 0 aliphatic heterocycles. The summed E-state index contributed by atoms with van der Waals surface area (Å²) < 4.78 is 7.10. The van der Waals surface area contributed by atoms with E-state index in [1.165, 1.54) is 0 Å². The maximum absolute atomic E-state index is 12.4. The number of hydrogen-bond acceptors (Lipinski definition) is 3. The molecule has 2 aromatic rings. The molecule has 0 spiro atoms. The molecule has 1 heterocycles. The van der Waals surface area contributed by atoms with E-state index in [0.717, 1.165) is 22.6 Å². The van der Waals surface area contributed by atoms with Gasteiger partial charge in [-0.15, -0.1) is 0 Å². The second-order valence-electron chi connectivity index (χ2n) is 4.91. The zero-order valence-electron chi connectivity index (χ0n) is 12.1. The van der Waals surface area contributed by atoms with Crippen molar-refractivity contribution in [2.24, 2.45) is 5.73 Å². The quantitative estimate of drug-likeness (QED) is 0.926. The van der Waals surface area contributed by atoms with Crippen molar-refractivity contribution in [3.63, 3.8) is 0 Å². The van der Waals surface area contributed by atoms with Gasteiger partial charge < -0.3 is 15.0 Å². The zero-order chi connectivity index (χ0) is 14.7. The molecule has 0 aliphatic rings. The van der Waals surface area contributed by atoms with E-state index in [9.17, 15) is 4.79 Å². The fourth-order valence-corrected chi connectivity index (χ4v) is 2.27. The molecule has 0 atom stereocenters. The number of benzene rings is 1. The van der Waals surface area contributed by atoms with Gasteiger partial charge in [0.05, 0.1) is 13.7 Å². The molecule has 0 aliphatic carbocycles. The molecule has 0 bridgehead atoms. The van der Waals surface area contributed by atoms with Crippen LogP contribution in [0, 0.1) is 13.8 Å². The Morgan fingerprint density at radius 1 is 1.15 bits per heavy atom. The molecule has 4 nitrogen and oxygen atoms in total. The average molecular weight is 272 g/mol. The summed E-state index contributed by atoms with van der Waals surface area (Å²) in [6, 6.07) is 9.68. The number of pyridine rings is 1. The van der Waals surface area contributed by atoms with Crippen LogP contribution in [0.15, 0.2) is 35.1 Å². The highest BCUT2D eigenvalue weighted by Gasteiger charge is 2.09. The van der Waals surface area contributed by atoms with Gasteiger partial charge >= 0.3 is 0 Å². The second-order valence-corrected chi connectivity index (χ2v) is 4.91. The van der Waals surface area contributed by atoms with E-state index in [2.05, 4.69) is 0 Å². The molecule has 0 saturated carbocycles. The first-order valence-corrected chi connectivity index (χ1v) is 6.59. The molecule has 0 fully saturated rings. The smallest absolute Gasteiger partial charge is 0.255 e. The summed E-state index contributed by atoms with van der Waals surface area (Å²) in [5, 5.41) is 0. The van der Waals surface area contributed by atoms with Gasteiger partial charge in [0.1, 0.15) is 5.75 Å². The van der Waals surface area contributed by atoms with E-state index in [4.69, 9.17) is 10.5 Å². The van der Waals surface area contributed by atoms with Crippen molar-refractivity contribution >= 4 is 0 Å². The molecule has 2 rings (SSSR count). The third kappa shape index (κ3) is 2.75. The van der Waals surface area contributed by atoms with E-state index in [1.807, 2.05) is 38.1 Å². The van der Waals surface area contributed by atoms with E-state index >= 15 is 0 Å². The van der Waals surface area contributed by atoms with Gasteiger partial charge in [0, 0.05) is 23.4 Å². The fourth-order valence-electron chi connectivity index (χ4n) is 2.27. The first-order valence-electron chi connectivity index (χ1n) is 6.59. The van der Waals surface area contributed by atoms with Crippen LogP contribution in [0.2, 0.25) is 0 Å². The number of methoxy groups -OCH3 is 1. The van der Waals surface area contributed by atoms with Crippen molar-refractivity contribution in [1.29, 1.82) is 0 Å². The molecule has 0 saturated heterocycles. The number of nitrogens with zero attached hydrogens (tertiary/aromatic N) is 1. The predicted octanol–water partition coefficient (Wildman–Crippen LogP) is 1.98. The van der Waals surface area contributed by atoms with Gasteiger partial charge in [-0.05, 0) is 26.0 Å². The summed E-state index contributed by atoms with van der Waals surface area (Å²) >= 11 is 0. The van der Waals surface area contributed by atoms with Crippen LogP contribution in [-0.4, -0.2) is 11.7 Å². The summed E-state index contributed by atoms with van der Waals surface area (Å²) in [7, 11) is 1.64. The van der Waals surface area contributed by atoms with Crippen LogP contribution in [0.5, 0.6) is 5.75 Å². The second kappa shape index (κ2) is 5.92. The highest BCUT2D eigenvalue weighted by molar-refractivity contribution is 5.37. The summed E-state index contributed by atoms with van der Waals surface area (Å²) in [6.07, 6.45) is 0. The highest BCUT2D eigenvalue weighted by Crippen LogP contribution is 2.20. The van der Waals surface area contributed by atoms with Gasteiger partial charge in [-0.2, -0.15) is 0 Å². The maximum Gasteiger partial charge on any atom is 0.255 e. The Balaban J connectivity index is 2.50. The third-order valence-corrected chi connectivity index (χ3v) is 3.46. The Morgan fingerprint density at radius 2 is 1.90 bits per heavy atom. The van der Waals surface area contributed by atoms with Crippen LogP contribution in [0.4, 0.5) is 0 Å². The number of rotatable bonds is 4. The number of hydrogen-bond donors (Lipinski definition) is 1. The van der Waals surface area contributed by atoms with Crippen molar-refractivity contribution in [2.45, 2.75) is 26.9 Å². The molecule has 20 heavy (non-hydrogen) atoms. The van der Waals surface area contributed by atoms with Gasteiger partial charge in [0.2, 0.25) is 0 Å². The maximum atomic E-state index is 12.4. The Hall–Kier alpha value is -2.07. The molecule has 106 valence electrons. The Kier molecular flexibility index (Phi) is 4.25. The van der Waals surface area contributed by atoms with Crippen molar-refractivity contribution in [3.05, 3.63) is 63.1 Å². The first-order chi connectivity index (χ1) is 9.56. The Bertz CT molecular complexity index is 675. The molecule has 2 N–H and O–H groups in total. The normalized spacial score (nSPS) is 10.6. The molecular formula is C16H20N2O2. The van der Waals surface area contributed by atoms with Crippen LogP contribution in [0.3, 0.4) is 0 Å². The number of ether oxygens (including phenoxy) is 1. The van der Waals surface area contributed by atoms with Crippen LogP contribution in [0.1, 0.15) is 22.4 Å². The largest absolute Gasteiger partial charge is 0.496 e. The third-order valence-electron chi connectivity index (χ3n) is 3.46. The highest BCUT2D eigenvalue weighted by atomic mass is 16.5. The van der Waals surface area contributed by atoms with E-state index in [1.54, 1.807) is 17.7 Å². The summed E-state index contributed by atoms with van der Waals surface area (Å²) in [4.78, 5) is 12.4. The lowest BCUT2D eigenvalue weighted by molar-refractivity contribution is 0.407. The van der Waals surface area contributed by atoms with E-state index in [0.29, 0.717) is 12.1 Å². The minimum Gasteiger partial charge on any atom is -0.496 e. The predicted molar refractivity (Wildman–Crippen MR) is 80.2 cm³/mol. The molecule has 0 radical (unpaired) electrons. The number of nitrogens with two attached hydrogens (primary N) is 1. The zero-order valence-corrected chi connectivity index (χ0v) is 12.1. The molecule has 1 aromatic heterocycles. The lowest BCUT2D eigenvalue weighted by atomic mass is 10.1. The number of aryl methyl sites for hydroxylation is 2. The number of aromatic nitrogens is 1. The summed E-state index contributed by atoms with van der Waals surface area (Å²) in [5.41, 5.74) is 9.25. The summed E-state index contributed by atoms with van der Waals surface area (Å²) in [5.74, 6) is 0.792. The van der Waals surface area contributed by atoms with Crippen molar-refractivity contribution in [3.8, 4) is 5.75 Å². The SMILES string of the molecule is COc1ccc(C)cc1Cn1c(C)ccc(CN)c1=O. The van der Waals surface area contributed by atoms with Crippen LogP contribution >= 0.6 is 0 Å². The summed E-state index contributed by atoms with van der Waals surface area (Å²) in [6.45, 7) is 4.69. The van der Waals surface area contributed by atoms with Crippen molar-refractivity contribution < 1.29 is 4.74 Å². The molecule has 4 heteroatoms. The van der Waals surface area contributed by atoms with Gasteiger partial charge in [-0.1, -0.05) is 23.8 Å². The minimum absolute atomic E-state index is 0.0314. The standard InChI is InChI=1S/C16H20N2O2/c1-11-4-7-15(20-3)14(8-11)10-18-12(2)5-6-13(9-17)16(18)19/h4-8H,9-10,17H2,1-3H3. The molecule has 0 amide bonds. The van der Waals surface area contributed by atoms with Crippen LogP contribution in [0.25, 0.3) is 0 Å². The lowest BCUT2D eigenvalue weighted by Gasteiger charge is -2.14. The minimum atomic E-state index is -0.0314. The topological polar surface area (TPSA) is 57.2 Å². The Morgan fingerprint density at radius 3 is 2.55 bits per heavy atom. The monoisotopic (exact) mass is 272 g/mol. The van der Waals surface area contributed by atoms with Gasteiger partial charge in [0.15, 0.2) is 0 Å². The van der Waals surface area contributed by atoms with Crippen molar-refractivity contribution in [1.82, 2.24) is 4.57 Å². The van der Waals surface area contributed by atoms with E-state index < -0.39 is 0 Å². The van der Waals surface area contributed by atoms with Crippen LogP contribution in [-0.2, 0) is 13.1 Å². The Labute approximate surface area is 118 Å². The molecular weight excluding hydrogens is 252 g/mol. The lowest BCUT2D eigenvalue weighted by Crippen LogP contribution is -2.27. The van der Waals surface area contributed by atoms with Gasteiger partial charge in [-0.3, -0.25) is 4.79 Å². The van der Waals surface area contributed by atoms with Gasteiger partial charge in [0.25, 0.3) is 5.56 Å². The first kappa shape index (κ1) is 14.3. The van der Waals surface area contributed by atoms with Crippen LogP contribution < -0.4 is 16.0 Å². The van der Waals surface area contributed by atoms with Crippen molar-refractivity contribution in [2.75, 3.05) is 7.11 Å². The van der Waals surface area contributed by atoms with E-state index in [-0.39, 0.29) is 12.1 Å². The fraction of sp³-hybridized carbons (Fsp3) is 0.312.